The second-order valence-corrected chi connectivity index (χ2v) is 29.8. The van der Waals surface area contributed by atoms with Gasteiger partial charge in [0.25, 0.3) is 0 Å². The van der Waals surface area contributed by atoms with E-state index in [1.165, 1.54) is 171 Å². The Balaban J connectivity index is 0.000000125. The molecule has 0 bridgehead atoms. The van der Waals surface area contributed by atoms with Crippen molar-refractivity contribution in [1.82, 2.24) is 0 Å². The van der Waals surface area contributed by atoms with E-state index in [0.717, 1.165) is 56.3 Å². The number of unbranched alkanes of at least 4 members (excludes halogenated alkanes) is 3. The van der Waals surface area contributed by atoms with E-state index in [1.54, 1.807) is 14.7 Å². The second kappa shape index (κ2) is 30.1. The molecule has 0 radical (unpaired) electrons. The normalized spacial score (nSPS) is 16.2. The van der Waals surface area contributed by atoms with Crippen molar-refractivity contribution in [3.05, 3.63) is 152 Å². The molecular formula is C69H86O3S4+4. The van der Waals surface area contributed by atoms with Crippen LogP contribution in [0, 0.1) is 0 Å². The van der Waals surface area contributed by atoms with Crippen LogP contribution in [0.5, 0.6) is 17.2 Å². The summed E-state index contributed by atoms with van der Waals surface area (Å²) in [5, 5.41) is 10.9. The summed E-state index contributed by atoms with van der Waals surface area (Å²) in [6.45, 7) is 9.08. The first kappa shape index (κ1) is 56.3. The van der Waals surface area contributed by atoms with Gasteiger partial charge in [0.05, 0.1) is 19.8 Å². The first-order chi connectivity index (χ1) is 37.6. The fourth-order valence-electron chi connectivity index (χ4n) is 10.9. The van der Waals surface area contributed by atoms with Gasteiger partial charge in [-0.3, -0.25) is 0 Å². The van der Waals surface area contributed by atoms with Crippen LogP contribution >= 0.6 is 0 Å². The highest BCUT2D eigenvalue weighted by Gasteiger charge is 2.31. The highest BCUT2D eigenvalue weighted by molar-refractivity contribution is 7.98. The molecule has 0 atom stereocenters. The van der Waals surface area contributed by atoms with Crippen LogP contribution in [0.1, 0.15) is 117 Å². The lowest BCUT2D eigenvalue weighted by Gasteiger charge is -2.16. The zero-order chi connectivity index (χ0) is 52.2. The summed E-state index contributed by atoms with van der Waals surface area (Å²) in [5.74, 6) is 14.2. The molecule has 400 valence electrons. The molecule has 4 aliphatic rings. The summed E-state index contributed by atoms with van der Waals surface area (Å²) in [7, 11) is 1.92. The van der Waals surface area contributed by atoms with Gasteiger partial charge in [-0.2, -0.15) is 0 Å². The minimum Gasteiger partial charge on any atom is -0.494 e. The molecule has 0 N–H and O–H groups in total. The van der Waals surface area contributed by atoms with Gasteiger partial charge in [-0.1, -0.05) is 125 Å². The molecule has 7 heteroatoms. The van der Waals surface area contributed by atoms with E-state index in [9.17, 15) is 0 Å². The van der Waals surface area contributed by atoms with Gasteiger partial charge in [-0.05, 0) is 148 Å². The van der Waals surface area contributed by atoms with Gasteiger partial charge in [0, 0.05) is 82.6 Å². The Hall–Kier alpha value is -4.40. The van der Waals surface area contributed by atoms with Gasteiger partial charge in [-0.25, -0.2) is 0 Å². The maximum Gasteiger partial charge on any atom is 0.162 e. The Bertz CT molecular complexity index is 3010. The summed E-state index contributed by atoms with van der Waals surface area (Å²) in [5.41, 5.74) is 0. The predicted octanol–water partition coefficient (Wildman–Crippen LogP) is 18.4. The molecule has 0 amide bonds. The summed E-state index contributed by atoms with van der Waals surface area (Å²) >= 11 is 0. The Morgan fingerprint density at radius 3 is 1.36 bits per heavy atom. The smallest absolute Gasteiger partial charge is 0.162 e. The van der Waals surface area contributed by atoms with Crippen LogP contribution in [0.25, 0.3) is 43.1 Å². The summed E-state index contributed by atoms with van der Waals surface area (Å²) in [4.78, 5) is 6.24. The number of rotatable bonds is 16. The molecule has 8 aromatic carbocycles. The number of benzene rings is 8. The largest absolute Gasteiger partial charge is 0.494 e. The number of fused-ring (bicyclic) bond motifs is 4. The minimum absolute atomic E-state index is 0.438. The minimum atomic E-state index is 0.438. The third kappa shape index (κ3) is 15.2. The maximum atomic E-state index is 6.10. The summed E-state index contributed by atoms with van der Waals surface area (Å²) in [6.07, 6.45) is 19.6. The van der Waals surface area contributed by atoms with Gasteiger partial charge in [0.15, 0.2) is 19.6 Å². The Morgan fingerprint density at radius 1 is 0.316 bits per heavy atom. The fraction of sp³-hybridized carbons (Fsp3) is 0.420. The molecule has 8 aromatic rings. The van der Waals surface area contributed by atoms with Crippen LogP contribution in [0.4, 0.5) is 0 Å². The molecule has 0 spiro atoms. The van der Waals surface area contributed by atoms with E-state index in [0.29, 0.717) is 43.6 Å². The van der Waals surface area contributed by atoms with E-state index in [2.05, 4.69) is 172 Å². The molecule has 0 aliphatic carbocycles. The van der Waals surface area contributed by atoms with Crippen molar-refractivity contribution in [2.24, 2.45) is 0 Å². The lowest BCUT2D eigenvalue weighted by Crippen LogP contribution is -2.17. The van der Waals surface area contributed by atoms with Gasteiger partial charge in [0.1, 0.15) is 63.3 Å². The second-order valence-electron chi connectivity index (χ2n) is 20.8. The predicted molar refractivity (Wildman–Crippen MR) is 340 cm³/mol. The monoisotopic (exact) mass is 1090 g/mol. The first-order valence-corrected chi connectivity index (χ1v) is 35.5. The number of ether oxygens (including phenoxy) is 3. The van der Waals surface area contributed by atoms with Crippen LogP contribution in [-0.4, -0.2) is 65.8 Å². The summed E-state index contributed by atoms with van der Waals surface area (Å²) < 4.78 is 17.9. The third-order valence-electron chi connectivity index (χ3n) is 15.1. The van der Waals surface area contributed by atoms with Gasteiger partial charge < -0.3 is 14.2 Å². The topological polar surface area (TPSA) is 27.7 Å². The van der Waals surface area contributed by atoms with Crippen molar-refractivity contribution < 1.29 is 14.2 Å². The van der Waals surface area contributed by atoms with Crippen molar-refractivity contribution in [3.8, 4) is 17.2 Å². The molecule has 3 nitrogen and oxygen atoms in total. The van der Waals surface area contributed by atoms with Gasteiger partial charge >= 0.3 is 0 Å². The first-order valence-electron chi connectivity index (χ1n) is 29.2. The van der Waals surface area contributed by atoms with E-state index < -0.39 is 0 Å². The zero-order valence-electron chi connectivity index (χ0n) is 46.2. The highest BCUT2D eigenvalue weighted by Crippen LogP contribution is 2.37. The van der Waals surface area contributed by atoms with Gasteiger partial charge in [0.2, 0.25) is 0 Å². The van der Waals surface area contributed by atoms with Crippen LogP contribution in [0.3, 0.4) is 0 Å². The lowest BCUT2D eigenvalue weighted by atomic mass is 10.1. The average molecular weight is 1090 g/mol. The SMILES string of the molecule is CCCCOc1cc([S+]2CCCCC2)cc2ccccc12.CCCCOc1ccc([S+]2CCCC2)c2ccccc12.CCCCOc1ccc2c([S+]3CCCC3)cccc2c1.c1ccc2c([S+]3CCCC3)cccc2c1. The standard InChI is InChI=1S/C19H25OS.2C18H23OS.C14H15S/c1-2-3-11-20-19-15-17(21-12-7-4-8-13-21)14-16-9-5-6-10-18(16)19;1-2-3-11-19-16-9-10-17-15(14-16)7-6-8-18(17)20-12-4-5-13-20;1-2-3-12-19-17-10-11-18(20-13-6-7-14-20)16-9-5-4-8-15(16)17;1-2-8-13-12(6-1)7-5-9-14(13)15-10-3-4-11-15/h5-6,9-10,14-15H,2-4,7-8,11-13H2,1H3;6-10,14H,2-5,11-13H2,1H3;4-5,8-11H,2-3,6-7,12-14H2,1H3;1-2,5-9H,3-4,10-11H2/q4*+1. The van der Waals surface area contributed by atoms with E-state index >= 15 is 0 Å². The Kier molecular flexibility index (Phi) is 22.3. The van der Waals surface area contributed by atoms with Crippen molar-refractivity contribution in [3.63, 3.8) is 0 Å². The molecule has 0 unspecified atom stereocenters. The maximum absolute atomic E-state index is 6.10. The van der Waals surface area contributed by atoms with Crippen LogP contribution < -0.4 is 14.2 Å². The van der Waals surface area contributed by atoms with Crippen LogP contribution in [0.15, 0.2) is 171 Å². The van der Waals surface area contributed by atoms with Crippen molar-refractivity contribution in [2.75, 3.05) is 65.8 Å². The molecule has 12 rings (SSSR count). The average Bonchev–Trinajstić information content (AvgIpc) is 4.33. The molecule has 4 heterocycles. The van der Waals surface area contributed by atoms with E-state index in [-0.39, 0.29) is 0 Å². The van der Waals surface area contributed by atoms with E-state index in [4.69, 9.17) is 14.2 Å². The molecule has 0 aromatic heterocycles. The van der Waals surface area contributed by atoms with Crippen molar-refractivity contribution >= 4 is 86.7 Å². The van der Waals surface area contributed by atoms with Crippen LogP contribution in [-0.2, 0) is 43.6 Å². The third-order valence-corrected chi connectivity index (χ3v) is 25.2. The molecule has 4 fully saturated rings. The molecule has 0 saturated carbocycles. The van der Waals surface area contributed by atoms with Crippen molar-refractivity contribution in [1.29, 1.82) is 0 Å². The fourth-order valence-corrected chi connectivity index (χ4v) is 20.7. The molecule has 76 heavy (non-hydrogen) atoms. The zero-order valence-corrected chi connectivity index (χ0v) is 49.4. The highest BCUT2D eigenvalue weighted by atomic mass is 32.2. The van der Waals surface area contributed by atoms with E-state index in [1.807, 2.05) is 0 Å². The number of hydrogen-bond acceptors (Lipinski definition) is 3. The molecule has 4 saturated heterocycles. The molecule has 4 aliphatic heterocycles. The number of hydrogen-bond donors (Lipinski definition) is 0. The lowest BCUT2D eigenvalue weighted by molar-refractivity contribution is 0.310. The Labute approximate surface area is 469 Å². The van der Waals surface area contributed by atoms with Crippen LogP contribution in [0.2, 0.25) is 0 Å². The van der Waals surface area contributed by atoms with Gasteiger partial charge in [-0.15, -0.1) is 0 Å². The molecular weight excluding hydrogens is 1010 g/mol. The quantitative estimate of drug-likeness (QED) is 0.0713. The van der Waals surface area contributed by atoms with Crippen molar-refractivity contribution in [2.45, 2.75) is 137 Å². The Morgan fingerprint density at radius 2 is 0.750 bits per heavy atom. The summed E-state index contributed by atoms with van der Waals surface area (Å²) in [6, 6.07) is 55.5.